The first kappa shape index (κ1) is 15.5. The van der Waals surface area contributed by atoms with Gasteiger partial charge >= 0.3 is 13.8 Å². The minimum absolute atomic E-state index is 1.08. The molecule has 0 amide bonds. The molecule has 6 N–H and O–H groups in total. The number of rotatable bonds is 5. The van der Waals surface area contributed by atoms with Gasteiger partial charge in [0.15, 0.2) is 6.10 Å². The van der Waals surface area contributed by atoms with Crippen LogP contribution in [0.2, 0.25) is 0 Å². The molecular formula is C6H13O9P. The Hall–Kier alpha value is -0.540. The van der Waals surface area contributed by atoms with E-state index in [0.717, 1.165) is 6.92 Å². The summed E-state index contributed by atoms with van der Waals surface area (Å²) in [7, 11) is -5.13. The first-order valence-corrected chi connectivity index (χ1v) is 5.60. The van der Waals surface area contributed by atoms with Crippen LogP contribution in [0.1, 0.15) is 6.92 Å². The Morgan fingerprint density at radius 1 is 1.12 bits per heavy atom. The third kappa shape index (κ3) is 4.99. The summed E-state index contributed by atoms with van der Waals surface area (Å²) < 4.78 is 13.7. The normalized spacial score (nSPS) is 19.7. The highest BCUT2D eigenvalue weighted by Gasteiger charge is 2.36. The van der Waals surface area contributed by atoms with Gasteiger partial charge in [0.25, 0.3) is 0 Å². The van der Waals surface area contributed by atoms with Crippen LogP contribution < -0.4 is 0 Å². The molecule has 0 radical (unpaired) electrons. The Morgan fingerprint density at radius 3 is 1.88 bits per heavy atom. The highest BCUT2D eigenvalue weighted by molar-refractivity contribution is 7.46. The lowest BCUT2D eigenvalue weighted by atomic mass is 10.0. The molecule has 0 aliphatic rings. The lowest BCUT2D eigenvalue weighted by Gasteiger charge is -2.23. The highest BCUT2D eigenvalue weighted by Crippen LogP contribution is 2.36. The number of hydrogen-bond donors (Lipinski definition) is 6. The topological polar surface area (TPSA) is 165 Å². The molecule has 0 bridgehead atoms. The zero-order chi connectivity index (χ0) is 13.1. The van der Waals surface area contributed by atoms with Crippen LogP contribution in [0.5, 0.6) is 0 Å². The second-order valence-electron chi connectivity index (χ2n) is 3.07. The van der Waals surface area contributed by atoms with Gasteiger partial charge in [0.2, 0.25) is 0 Å². The summed E-state index contributed by atoms with van der Waals surface area (Å²) in [6.07, 6.45) is -7.82. The summed E-state index contributed by atoms with van der Waals surface area (Å²) in [5.41, 5.74) is 0. The number of phosphoric acid groups is 1. The van der Waals surface area contributed by atoms with Gasteiger partial charge in [-0.3, -0.25) is 9.79 Å². The van der Waals surface area contributed by atoms with Crippen LogP contribution >= 0.6 is 7.82 Å². The average Bonchev–Trinajstić information content (AvgIpc) is 2.11. The Labute approximate surface area is 90.2 Å². The predicted octanol–water partition coefficient (Wildman–Crippen LogP) is -2.91. The smallest absolute Gasteiger partial charge is 0.391 e. The van der Waals surface area contributed by atoms with Gasteiger partial charge in [0, 0.05) is 0 Å². The zero-order valence-corrected chi connectivity index (χ0v) is 9.06. The van der Waals surface area contributed by atoms with E-state index in [1.165, 1.54) is 0 Å². The van der Waals surface area contributed by atoms with Gasteiger partial charge in [-0.1, -0.05) is 0 Å². The van der Waals surface area contributed by atoms with Gasteiger partial charge in [-0.25, -0.2) is 9.36 Å². The van der Waals surface area contributed by atoms with Crippen molar-refractivity contribution in [3.63, 3.8) is 0 Å². The van der Waals surface area contributed by atoms with Crippen LogP contribution in [0.3, 0.4) is 0 Å². The maximum Gasteiger partial charge on any atom is 0.527 e. The molecule has 0 spiro atoms. The third-order valence-electron chi connectivity index (χ3n) is 1.62. The van der Waals surface area contributed by atoms with Gasteiger partial charge in [0.05, 0.1) is 6.10 Å². The van der Waals surface area contributed by atoms with Crippen molar-refractivity contribution < 1.29 is 44.1 Å². The number of aliphatic hydroxyl groups excluding tert-OH is 4. The number of phosphoric ester groups is 1. The van der Waals surface area contributed by atoms with E-state index in [9.17, 15) is 9.36 Å². The lowest BCUT2D eigenvalue weighted by Crippen LogP contribution is -2.47. The molecule has 0 saturated heterocycles. The van der Waals surface area contributed by atoms with Gasteiger partial charge in [-0.05, 0) is 6.92 Å². The lowest BCUT2D eigenvalue weighted by molar-refractivity contribution is -0.160. The van der Waals surface area contributed by atoms with E-state index in [2.05, 4.69) is 4.52 Å². The second kappa shape index (κ2) is 5.69. The van der Waals surface area contributed by atoms with Crippen molar-refractivity contribution in [1.29, 1.82) is 0 Å². The maximum absolute atomic E-state index is 10.8. The van der Waals surface area contributed by atoms with E-state index in [0.29, 0.717) is 0 Å². The SMILES string of the molecule is C[C@@H](O)[C@H](O)[C@@H](O)[C@@H](O)C(=O)OP(=O)(O)O. The standard InChI is InChI=1S/C6H13O9P/c1-2(7)3(8)4(9)5(10)6(11)15-16(12,13)14/h2-5,7-10H,1H3,(H2,12,13,14)/t2-,3+,4-,5-/m1/s1. The molecule has 0 aromatic rings. The molecule has 0 aromatic carbocycles. The first-order chi connectivity index (χ1) is 7.06. The van der Waals surface area contributed by atoms with Gasteiger partial charge in [0.1, 0.15) is 12.2 Å². The number of carbonyl (C=O) groups is 1. The van der Waals surface area contributed by atoms with Crippen molar-refractivity contribution in [1.82, 2.24) is 0 Å². The van der Waals surface area contributed by atoms with E-state index >= 15 is 0 Å². The number of hydrogen-bond acceptors (Lipinski definition) is 7. The molecule has 0 aliphatic carbocycles. The molecule has 0 heterocycles. The average molecular weight is 260 g/mol. The molecule has 0 fully saturated rings. The Balaban J connectivity index is 4.50. The molecule has 4 atom stereocenters. The van der Waals surface area contributed by atoms with Gasteiger partial charge in [-0.15, -0.1) is 0 Å². The summed E-state index contributed by atoms with van der Waals surface area (Å²) >= 11 is 0. The third-order valence-corrected chi connectivity index (χ3v) is 2.04. The van der Waals surface area contributed by atoms with Crippen LogP contribution in [-0.4, -0.2) is 60.6 Å². The van der Waals surface area contributed by atoms with Crippen molar-refractivity contribution in [3.05, 3.63) is 0 Å². The summed E-state index contributed by atoms with van der Waals surface area (Å²) in [4.78, 5) is 27.3. The van der Waals surface area contributed by atoms with E-state index in [1.54, 1.807) is 0 Å². The molecule has 16 heavy (non-hydrogen) atoms. The van der Waals surface area contributed by atoms with Crippen molar-refractivity contribution in [2.45, 2.75) is 31.3 Å². The van der Waals surface area contributed by atoms with Crippen LogP contribution in [0.15, 0.2) is 0 Å². The fraction of sp³-hybridized carbons (Fsp3) is 0.833. The van der Waals surface area contributed by atoms with Crippen molar-refractivity contribution in [3.8, 4) is 0 Å². The van der Waals surface area contributed by atoms with Crippen LogP contribution in [-0.2, 0) is 13.9 Å². The van der Waals surface area contributed by atoms with Crippen LogP contribution in [0, 0.1) is 0 Å². The van der Waals surface area contributed by atoms with E-state index in [4.69, 9.17) is 30.2 Å². The minimum Gasteiger partial charge on any atom is -0.391 e. The fourth-order valence-electron chi connectivity index (χ4n) is 0.783. The Kier molecular flexibility index (Phi) is 5.50. The second-order valence-corrected chi connectivity index (χ2v) is 4.23. The summed E-state index contributed by atoms with van der Waals surface area (Å²) in [5.74, 6) is -1.81. The predicted molar refractivity (Wildman–Crippen MR) is 47.8 cm³/mol. The fourth-order valence-corrected chi connectivity index (χ4v) is 1.13. The van der Waals surface area contributed by atoms with E-state index < -0.39 is 38.2 Å². The van der Waals surface area contributed by atoms with Gasteiger partial charge < -0.3 is 24.9 Å². The first-order valence-electron chi connectivity index (χ1n) is 4.07. The Morgan fingerprint density at radius 2 is 1.56 bits per heavy atom. The molecule has 0 aromatic heterocycles. The molecule has 10 heteroatoms. The summed E-state index contributed by atoms with van der Waals surface area (Å²) in [6.45, 7) is 1.08. The van der Waals surface area contributed by atoms with Crippen molar-refractivity contribution in [2.24, 2.45) is 0 Å². The van der Waals surface area contributed by atoms with E-state index in [-0.39, 0.29) is 0 Å². The van der Waals surface area contributed by atoms with E-state index in [1.807, 2.05) is 0 Å². The number of aliphatic hydroxyl groups is 4. The molecule has 9 nitrogen and oxygen atoms in total. The van der Waals surface area contributed by atoms with Crippen molar-refractivity contribution >= 4 is 13.8 Å². The van der Waals surface area contributed by atoms with Crippen LogP contribution in [0.25, 0.3) is 0 Å². The molecular weight excluding hydrogens is 247 g/mol. The van der Waals surface area contributed by atoms with Crippen LogP contribution in [0.4, 0.5) is 0 Å². The molecule has 0 saturated carbocycles. The summed E-state index contributed by atoms with van der Waals surface area (Å²) in [6, 6.07) is 0. The molecule has 0 rings (SSSR count). The maximum atomic E-state index is 10.8. The molecule has 0 aliphatic heterocycles. The van der Waals surface area contributed by atoms with Crippen molar-refractivity contribution in [2.75, 3.05) is 0 Å². The quantitative estimate of drug-likeness (QED) is 0.284. The number of carbonyl (C=O) groups excluding carboxylic acids is 1. The highest BCUT2D eigenvalue weighted by atomic mass is 31.2. The largest absolute Gasteiger partial charge is 0.527 e. The molecule has 96 valence electrons. The summed E-state index contributed by atoms with van der Waals surface area (Å²) in [5, 5.41) is 36.0. The minimum atomic E-state index is -5.13. The Bertz CT molecular complexity index is 284. The molecule has 0 unspecified atom stereocenters. The van der Waals surface area contributed by atoms with Gasteiger partial charge in [-0.2, -0.15) is 0 Å². The monoisotopic (exact) mass is 260 g/mol. The zero-order valence-electron chi connectivity index (χ0n) is 8.16.